The third-order valence-corrected chi connectivity index (χ3v) is 6.73. The van der Waals surface area contributed by atoms with Gasteiger partial charge in [0.05, 0.1) is 39.3 Å². The number of anilines is 1. The molecule has 3 aromatic rings. The quantitative estimate of drug-likeness (QED) is 0.368. The molecular formula is C27H32N2O6S. The Labute approximate surface area is 212 Å². The number of amides is 1. The summed E-state index contributed by atoms with van der Waals surface area (Å²) >= 11 is 0. The first-order valence-electron chi connectivity index (χ1n) is 11.5. The highest BCUT2D eigenvalue weighted by atomic mass is 32.2. The molecular weight excluding hydrogens is 480 g/mol. The van der Waals surface area contributed by atoms with Crippen LogP contribution >= 0.6 is 0 Å². The zero-order valence-electron chi connectivity index (χ0n) is 21.0. The molecule has 1 amide bonds. The van der Waals surface area contributed by atoms with E-state index in [0.717, 1.165) is 24.0 Å². The average molecular weight is 513 g/mol. The van der Waals surface area contributed by atoms with Gasteiger partial charge in [0.2, 0.25) is 10.0 Å². The molecule has 0 aliphatic rings. The van der Waals surface area contributed by atoms with Crippen molar-refractivity contribution in [2.45, 2.75) is 19.9 Å². The monoisotopic (exact) mass is 512 g/mol. The molecule has 8 nitrogen and oxygen atoms in total. The van der Waals surface area contributed by atoms with E-state index < -0.39 is 10.0 Å². The third kappa shape index (κ3) is 7.14. The number of carbonyl (C=O) groups is 1. The van der Waals surface area contributed by atoms with Crippen LogP contribution in [-0.2, 0) is 23.0 Å². The van der Waals surface area contributed by atoms with Crippen LogP contribution in [0.2, 0.25) is 0 Å². The lowest BCUT2D eigenvalue weighted by molar-refractivity contribution is 0.0947. The van der Waals surface area contributed by atoms with E-state index in [0.29, 0.717) is 35.9 Å². The minimum Gasteiger partial charge on any atom is -0.493 e. The first kappa shape index (κ1) is 26.9. The number of ether oxygens (including phenoxy) is 3. The highest BCUT2D eigenvalue weighted by Crippen LogP contribution is 2.33. The van der Waals surface area contributed by atoms with Crippen LogP contribution in [-0.4, -0.2) is 48.0 Å². The molecule has 192 valence electrons. The Kier molecular flexibility index (Phi) is 9.19. The maximum absolute atomic E-state index is 12.5. The van der Waals surface area contributed by atoms with Gasteiger partial charge in [-0.15, -0.1) is 0 Å². The van der Waals surface area contributed by atoms with Crippen LogP contribution in [0.5, 0.6) is 17.2 Å². The van der Waals surface area contributed by atoms with Crippen LogP contribution in [0.3, 0.4) is 0 Å². The van der Waals surface area contributed by atoms with Crippen LogP contribution in [0.4, 0.5) is 5.69 Å². The molecule has 0 saturated heterocycles. The van der Waals surface area contributed by atoms with Gasteiger partial charge in [-0.3, -0.25) is 9.10 Å². The van der Waals surface area contributed by atoms with E-state index in [1.54, 1.807) is 42.5 Å². The number of nitrogens with one attached hydrogen (secondary N) is 1. The molecule has 0 aromatic heterocycles. The first-order chi connectivity index (χ1) is 17.2. The van der Waals surface area contributed by atoms with Crippen molar-refractivity contribution in [3.8, 4) is 17.2 Å². The molecule has 0 saturated carbocycles. The fraction of sp³-hybridized carbons (Fsp3) is 0.296. The van der Waals surface area contributed by atoms with Crippen LogP contribution in [0.25, 0.3) is 0 Å². The van der Waals surface area contributed by atoms with E-state index in [-0.39, 0.29) is 12.5 Å². The standard InChI is InChI=1S/C27H32N2O6S/c1-5-20-8-13-24(14-9-20)35-17-16-28-27(30)22-10-6-21(7-11-22)19-29(36(4,31)32)23-12-15-25(33-2)26(18-23)34-3/h6-15,18H,5,16-17,19H2,1-4H3,(H,28,30). The van der Waals surface area contributed by atoms with Gasteiger partial charge >= 0.3 is 0 Å². The highest BCUT2D eigenvalue weighted by molar-refractivity contribution is 7.92. The average Bonchev–Trinajstić information content (AvgIpc) is 2.89. The van der Waals surface area contributed by atoms with Crippen LogP contribution in [0.1, 0.15) is 28.4 Å². The van der Waals surface area contributed by atoms with Crippen LogP contribution in [0, 0.1) is 0 Å². The molecule has 0 fully saturated rings. The molecule has 0 aliphatic heterocycles. The van der Waals surface area contributed by atoms with E-state index in [2.05, 4.69) is 12.2 Å². The lowest BCUT2D eigenvalue weighted by Crippen LogP contribution is -2.29. The lowest BCUT2D eigenvalue weighted by atomic mass is 10.1. The van der Waals surface area contributed by atoms with Gasteiger partial charge in [-0.25, -0.2) is 8.42 Å². The Hall–Kier alpha value is -3.72. The Balaban J connectivity index is 1.60. The number of benzene rings is 3. The van der Waals surface area contributed by atoms with Crippen LogP contribution < -0.4 is 23.8 Å². The minimum atomic E-state index is -3.59. The molecule has 36 heavy (non-hydrogen) atoms. The summed E-state index contributed by atoms with van der Waals surface area (Å²) in [5, 5.41) is 2.83. The van der Waals surface area contributed by atoms with Gasteiger partial charge in [0.25, 0.3) is 5.91 Å². The van der Waals surface area contributed by atoms with Crippen molar-refractivity contribution in [3.63, 3.8) is 0 Å². The van der Waals surface area contributed by atoms with Gasteiger partial charge in [-0.1, -0.05) is 31.2 Å². The number of sulfonamides is 1. The smallest absolute Gasteiger partial charge is 0.251 e. The van der Waals surface area contributed by atoms with Crippen molar-refractivity contribution < 1.29 is 27.4 Å². The molecule has 1 N–H and O–H groups in total. The summed E-state index contributed by atoms with van der Waals surface area (Å²) in [6.07, 6.45) is 2.11. The fourth-order valence-corrected chi connectivity index (χ4v) is 4.44. The summed E-state index contributed by atoms with van der Waals surface area (Å²) in [4.78, 5) is 12.5. The Morgan fingerprint density at radius 1 is 0.889 bits per heavy atom. The Bertz CT molecular complexity index is 1260. The number of nitrogens with zero attached hydrogens (tertiary/aromatic N) is 1. The fourth-order valence-electron chi connectivity index (χ4n) is 3.56. The van der Waals surface area contributed by atoms with Gasteiger partial charge < -0.3 is 19.5 Å². The second kappa shape index (κ2) is 12.3. The van der Waals surface area contributed by atoms with Crippen molar-refractivity contribution in [2.24, 2.45) is 0 Å². The number of rotatable bonds is 12. The summed E-state index contributed by atoms with van der Waals surface area (Å²) in [6, 6.07) is 19.6. The molecule has 0 bridgehead atoms. The molecule has 3 aromatic carbocycles. The van der Waals surface area contributed by atoms with Crippen molar-refractivity contribution in [1.82, 2.24) is 5.32 Å². The Morgan fingerprint density at radius 3 is 2.11 bits per heavy atom. The highest BCUT2D eigenvalue weighted by Gasteiger charge is 2.20. The SMILES string of the molecule is CCc1ccc(OCCNC(=O)c2ccc(CN(c3ccc(OC)c(OC)c3)S(C)(=O)=O)cc2)cc1. The number of hydrogen-bond donors (Lipinski definition) is 1. The lowest BCUT2D eigenvalue weighted by Gasteiger charge is -2.23. The summed E-state index contributed by atoms with van der Waals surface area (Å²) in [5.41, 5.74) is 2.89. The molecule has 0 aliphatic carbocycles. The van der Waals surface area contributed by atoms with E-state index in [4.69, 9.17) is 14.2 Å². The van der Waals surface area contributed by atoms with Gasteiger partial charge in [0.1, 0.15) is 12.4 Å². The largest absolute Gasteiger partial charge is 0.493 e. The summed E-state index contributed by atoms with van der Waals surface area (Å²) in [7, 11) is -0.578. The molecule has 0 spiro atoms. The number of aryl methyl sites for hydroxylation is 1. The normalized spacial score (nSPS) is 11.0. The second-order valence-electron chi connectivity index (χ2n) is 8.11. The third-order valence-electron chi connectivity index (χ3n) is 5.59. The second-order valence-corrected chi connectivity index (χ2v) is 10.0. The van der Waals surface area contributed by atoms with E-state index in [1.165, 1.54) is 24.1 Å². The maximum atomic E-state index is 12.5. The number of carbonyl (C=O) groups excluding carboxylic acids is 1. The summed E-state index contributed by atoms with van der Waals surface area (Å²) in [6.45, 7) is 2.90. The minimum absolute atomic E-state index is 0.0981. The summed E-state index contributed by atoms with van der Waals surface area (Å²) in [5.74, 6) is 1.46. The predicted molar refractivity (Wildman–Crippen MR) is 141 cm³/mol. The van der Waals surface area contributed by atoms with Gasteiger partial charge in [-0.05, 0) is 53.9 Å². The molecule has 0 atom stereocenters. The van der Waals surface area contributed by atoms with Crippen molar-refractivity contribution in [1.29, 1.82) is 0 Å². The first-order valence-corrected chi connectivity index (χ1v) is 13.4. The van der Waals surface area contributed by atoms with Crippen LogP contribution in [0.15, 0.2) is 66.7 Å². The number of hydrogen-bond acceptors (Lipinski definition) is 6. The van der Waals surface area contributed by atoms with Gasteiger partial charge in [0.15, 0.2) is 11.5 Å². The van der Waals surface area contributed by atoms with Crippen molar-refractivity contribution in [3.05, 3.63) is 83.4 Å². The zero-order valence-corrected chi connectivity index (χ0v) is 21.8. The van der Waals surface area contributed by atoms with E-state index >= 15 is 0 Å². The van der Waals surface area contributed by atoms with E-state index in [9.17, 15) is 13.2 Å². The zero-order chi connectivity index (χ0) is 26.1. The number of methoxy groups -OCH3 is 2. The van der Waals surface area contributed by atoms with E-state index in [1.807, 2.05) is 24.3 Å². The molecule has 0 unspecified atom stereocenters. The molecule has 3 rings (SSSR count). The van der Waals surface area contributed by atoms with Crippen molar-refractivity contribution >= 4 is 21.6 Å². The molecule has 0 radical (unpaired) electrons. The topological polar surface area (TPSA) is 94.2 Å². The molecule has 0 heterocycles. The van der Waals surface area contributed by atoms with Gasteiger partial charge in [0, 0.05) is 11.6 Å². The van der Waals surface area contributed by atoms with Crippen molar-refractivity contribution in [2.75, 3.05) is 37.9 Å². The maximum Gasteiger partial charge on any atom is 0.251 e. The predicted octanol–water partition coefficient (Wildman–Crippen LogP) is 4.04. The summed E-state index contributed by atoms with van der Waals surface area (Å²) < 4.78 is 42.5. The molecule has 9 heteroatoms. The Morgan fingerprint density at radius 2 is 1.53 bits per heavy atom. The van der Waals surface area contributed by atoms with Gasteiger partial charge in [-0.2, -0.15) is 0 Å².